The predicted octanol–water partition coefficient (Wildman–Crippen LogP) is 11.6. The van der Waals surface area contributed by atoms with Gasteiger partial charge in [0.15, 0.2) is 17.5 Å². The van der Waals surface area contributed by atoms with Crippen molar-refractivity contribution >= 4 is 21.9 Å². The normalized spacial score (nSPS) is 23.5. The minimum Gasteiger partial charge on any atom is -0.456 e. The van der Waals surface area contributed by atoms with E-state index in [4.69, 9.17) is 24.4 Å². The molecule has 1 spiro atoms. The third kappa shape index (κ3) is 4.25. The van der Waals surface area contributed by atoms with Crippen molar-refractivity contribution in [2.75, 3.05) is 0 Å². The summed E-state index contributed by atoms with van der Waals surface area (Å²) in [5.74, 6) is 4.88. The molecule has 13 rings (SSSR count). The minimum absolute atomic E-state index is 0.0212. The van der Waals surface area contributed by atoms with Crippen molar-refractivity contribution in [1.82, 2.24) is 19.9 Å². The lowest BCUT2D eigenvalue weighted by Gasteiger charge is -2.61. The Labute approximate surface area is 307 Å². The van der Waals surface area contributed by atoms with Crippen LogP contribution in [0.25, 0.3) is 78.5 Å². The lowest BCUT2D eigenvalue weighted by Crippen LogP contribution is -2.55. The Kier molecular flexibility index (Phi) is 6.17. The molecule has 4 saturated carbocycles. The number of hydrogen-bond donors (Lipinski definition) is 0. The molecule has 5 aliphatic rings. The summed E-state index contributed by atoms with van der Waals surface area (Å²) in [6, 6.07) is 45.4. The first kappa shape index (κ1) is 29.6. The molecule has 0 atom stereocenters. The second-order valence-corrected chi connectivity index (χ2v) is 15.9. The maximum Gasteiger partial charge on any atom is 0.182 e. The third-order valence-electron chi connectivity index (χ3n) is 13.2. The molecule has 8 aromatic rings. The van der Waals surface area contributed by atoms with Gasteiger partial charge in [-0.2, -0.15) is 0 Å². The van der Waals surface area contributed by atoms with E-state index in [1.807, 2.05) is 42.5 Å². The summed E-state index contributed by atoms with van der Waals surface area (Å²) in [6.45, 7) is 0. The number of rotatable bonds is 4. The van der Waals surface area contributed by atoms with E-state index in [0.29, 0.717) is 29.3 Å². The van der Waals surface area contributed by atoms with Gasteiger partial charge in [-0.1, -0.05) is 84.9 Å². The average Bonchev–Trinajstić information content (AvgIpc) is 3.73. The van der Waals surface area contributed by atoms with Gasteiger partial charge in [0.1, 0.15) is 16.9 Å². The lowest BCUT2D eigenvalue weighted by molar-refractivity contribution is -0.0399. The monoisotopic (exact) mass is 684 g/mol. The fourth-order valence-electron chi connectivity index (χ4n) is 11.3. The van der Waals surface area contributed by atoms with E-state index in [-0.39, 0.29) is 5.41 Å². The Balaban J connectivity index is 1.16. The van der Waals surface area contributed by atoms with Crippen LogP contribution >= 0.6 is 0 Å². The summed E-state index contributed by atoms with van der Waals surface area (Å²) in [7, 11) is 0. The van der Waals surface area contributed by atoms with Gasteiger partial charge in [-0.15, -0.1) is 0 Å². The van der Waals surface area contributed by atoms with Gasteiger partial charge in [0.25, 0.3) is 0 Å². The van der Waals surface area contributed by atoms with Gasteiger partial charge in [0, 0.05) is 33.5 Å². The Morgan fingerprint density at radius 3 is 2.04 bits per heavy atom. The van der Waals surface area contributed by atoms with E-state index >= 15 is 0 Å². The number of furan rings is 1. The van der Waals surface area contributed by atoms with E-state index in [2.05, 4.69) is 84.9 Å². The molecule has 5 aromatic carbocycles. The summed E-state index contributed by atoms with van der Waals surface area (Å²) in [6.07, 6.45) is 8.50. The minimum atomic E-state index is -0.0212. The maximum absolute atomic E-state index is 6.45. The van der Waals surface area contributed by atoms with Crippen molar-refractivity contribution < 1.29 is 4.42 Å². The molecule has 5 heteroatoms. The maximum atomic E-state index is 6.45. The second kappa shape index (κ2) is 11.0. The number of fused-ring (bicyclic) bond motifs is 6. The Morgan fingerprint density at radius 2 is 1.21 bits per heavy atom. The molecule has 3 heterocycles. The van der Waals surface area contributed by atoms with Crippen molar-refractivity contribution in [3.63, 3.8) is 0 Å². The zero-order valence-corrected chi connectivity index (χ0v) is 29.2. The Morgan fingerprint density at radius 1 is 0.491 bits per heavy atom. The van der Waals surface area contributed by atoms with Gasteiger partial charge >= 0.3 is 0 Å². The van der Waals surface area contributed by atoms with Crippen LogP contribution in [-0.4, -0.2) is 19.9 Å². The quantitative estimate of drug-likeness (QED) is 0.185. The van der Waals surface area contributed by atoms with Crippen LogP contribution in [0.2, 0.25) is 0 Å². The fourth-order valence-corrected chi connectivity index (χ4v) is 11.3. The van der Waals surface area contributed by atoms with Crippen LogP contribution in [0.3, 0.4) is 0 Å². The Hall–Kier alpha value is -5.94. The molecule has 254 valence electrons. The SMILES string of the molecule is c1ccc(-c2nc(-c3ccccn3)nc(-c3cc(-c4ccc5c(c4)oc4ccccc45)cc4c3-c3ccccc3C43C4CC5CC(C4)CC3C5)n2)cc1. The number of benzene rings is 5. The van der Waals surface area contributed by atoms with E-state index < -0.39 is 0 Å². The molecule has 0 unspecified atom stereocenters. The van der Waals surface area contributed by atoms with Gasteiger partial charge < -0.3 is 4.42 Å². The van der Waals surface area contributed by atoms with Crippen LogP contribution in [0, 0.1) is 23.7 Å². The highest BCUT2D eigenvalue weighted by atomic mass is 16.3. The number of aromatic nitrogens is 4. The number of para-hydroxylation sites is 1. The molecule has 5 aliphatic carbocycles. The van der Waals surface area contributed by atoms with Crippen LogP contribution in [-0.2, 0) is 5.41 Å². The lowest BCUT2D eigenvalue weighted by atomic mass is 9.43. The van der Waals surface area contributed by atoms with Gasteiger partial charge in [-0.3, -0.25) is 4.98 Å². The van der Waals surface area contributed by atoms with Gasteiger partial charge in [0.05, 0.1) is 0 Å². The van der Waals surface area contributed by atoms with Crippen LogP contribution in [0.1, 0.15) is 43.2 Å². The average molecular weight is 685 g/mol. The van der Waals surface area contributed by atoms with Crippen LogP contribution < -0.4 is 0 Å². The fraction of sp³-hybridized carbons (Fsp3) is 0.208. The van der Waals surface area contributed by atoms with Crippen molar-refractivity contribution in [2.45, 2.75) is 37.5 Å². The molecule has 4 fully saturated rings. The summed E-state index contributed by atoms with van der Waals surface area (Å²) < 4.78 is 6.45. The largest absolute Gasteiger partial charge is 0.456 e. The van der Waals surface area contributed by atoms with Crippen LogP contribution in [0.15, 0.2) is 138 Å². The topological polar surface area (TPSA) is 64.7 Å². The van der Waals surface area contributed by atoms with E-state index in [0.717, 1.165) is 56.2 Å². The molecular weight excluding hydrogens is 649 g/mol. The van der Waals surface area contributed by atoms with Gasteiger partial charge in [0.2, 0.25) is 0 Å². The van der Waals surface area contributed by atoms with Crippen LogP contribution in [0.4, 0.5) is 0 Å². The zero-order chi connectivity index (χ0) is 34.7. The first-order chi connectivity index (χ1) is 26.2. The summed E-state index contributed by atoms with van der Waals surface area (Å²) in [5, 5.41) is 2.29. The molecule has 0 aliphatic heterocycles. The second-order valence-electron chi connectivity index (χ2n) is 15.9. The molecule has 0 radical (unpaired) electrons. The molecule has 5 nitrogen and oxygen atoms in total. The van der Waals surface area contributed by atoms with Crippen molar-refractivity contribution in [3.8, 4) is 56.5 Å². The van der Waals surface area contributed by atoms with E-state index in [9.17, 15) is 0 Å². The zero-order valence-electron chi connectivity index (χ0n) is 29.2. The highest BCUT2D eigenvalue weighted by molar-refractivity contribution is 6.06. The number of hydrogen-bond acceptors (Lipinski definition) is 5. The molecule has 0 amide bonds. The molecule has 0 saturated heterocycles. The molecular formula is C48H36N4O. The van der Waals surface area contributed by atoms with Gasteiger partial charge in [-0.05, 0) is 132 Å². The standard InChI is InChI=1S/C48H36N4O/c1-2-10-30(11-3-1)45-50-46(52-47(51-45)41-15-8-9-19-49-41)38-25-32(31-17-18-36-35-12-5-7-16-42(35)53-43(36)27-31)26-40-44(38)37-13-4-6-14-39(37)48(40)33-21-28-20-29(23-33)24-34(48)22-28/h1-19,25-29,33-34H,20-24H2. The summed E-state index contributed by atoms with van der Waals surface area (Å²) >= 11 is 0. The Bertz CT molecular complexity index is 2670. The highest BCUT2D eigenvalue weighted by Crippen LogP contribution is 2.70. The molecule has 4 bridgehead atoms. The van der Waals surface area contributed by atoms with Crippen molar-refractivity contribution in [1.29, 1.82) is 0 Å². The van der Waals surface area contributed by atoms with Crippen molar-refractivity contribution in [3.05, 3.63) is 145 Å². The predicted molar refractivity (Wildman–Crippen MR) is 210 cm³/mol. The molecule has 53 heavy (non-hydrogen) atoms. The number of nitrogens with zero attached hydrogens (tertiary/aromatic N) is 4. The van der Waals surface area contributed by atoms with E-state index in [1.54, 1.807) is 6.20 Å². The summed E-state index contributed by atoms with van der Waals surface area (Å²) in [4.78, 5) is 20.3. The van der Waals surface area contributed by atoms with E-state index in [1.165, 1.54) is 59.9 Å². The third-order valence-corrected chi connectivity index (χ3v) is 13.2. The number of pyridine rings is 1. The van der Waals surface area contributed by atoms with Gasteiger partial charge in [-0.25, -0.2) is 15.0 Å². The highest BCUT2D eigenvalue weighted by Gasteiger charge is 2.62. The van der Waals surface area contributed by atoms with Crippen LogP contribution in [0.5, 0.6) is 0 Å². The first-order valence-corrected chi connectivity index (χ1v) is 19.1. The van der Waals surface area contributed by atoms with Crippen molar-refractivity contribution in [2.24, 2.45) is 23.7 Å². The summed E-state index contributed by atoms with van der Waals surface area (Å²) in [5.41, 5.74) is 12.4. The molecule has 3 aromatic heterocycles. The smallest absolute Gasteiger partial charge is 0.182 e. The molecule has 0 N–H and O–H groups in total. The first-order valence-electron chi connectivity index (χ1n) is 19.1.